The Morgan fingerprint density at radius 1 is 1.50 bits per heavy atom. The van der Waals surface area contributed by atoms with E-state index < -0.39 is 0 Å². The number of carbonyl (C=O) groups is 1. The van der Waals surface area contributed by atoms with Gasteiger partial charge in [0, 0.05) is 13.1 Å². The molecule has 1 aromatic carbocycles. The number of aryl methyl sites for hydroxylation is 1. The van der Waals surface area contributed by atoms with E-state index in [4.69, 9.17) is 0 Å². The molecule has 0 fully saturated rings. The van der Waals surface area contributed by atoms with Gasteiger partial charge in [0.25, 0.3) is 0 Å². The standard InChI is InChI=1S/C10H11NO/c1-8-4-3-5-10(6-8)7-11-9(2)12/h3-7H,1-2H3. The smallest absolute Gasteiger partial charge is 0.242 e. The molecule has 0 saturated heterocycles. The van der Waals surface area contributed by atoms with E-state index in [1.807, 2.05) is 31.2 Å². The van der Waals surface area contributed by atoms with Crippen molar-refractivity contribution in [1.29, 1.82) is 0 Å². The van der Waals surface area contributed by atoms with Crippen molar-refractivity contribution in [3.8, 4) is 0 Å². The van der Waals surface area contributed by atoms with E-state index in [0.717, 1.165) is 5.56 Å². The molecule has 1 amide bonds. The lowest BCUT2D eigenvalue weighted by Crippen LogP contribution is -1.86. The predicted molar refractivity (Wildman–Crippen MR) is 49.5 cm³/mol. The Labute approximate surface area is 71.9 Å². The van der Waals surface area contributed by atoms with Crippen LogP contribution in [0.4, 0.5) is 0 Å². The van der Waals surface area contributed by atoms with Crippen LogP contribution < -0.4 is 0 Å². The van der Waals surface area contributed by atoms with Gasteiger partial charge in [0.05, 0.1) is 0 Å². The van der Waals surface area contributed by atoms with E-state index in [-0.39, 0.29) is 5.91 Å². The van der Waals surface area contributed by atoms with Gasteiger partial charge >= 0.3 is 0 Å². The maximum absolute atomic E-state index is 10.5. The monoisotopic (exact) mass is 161 g/mol. The highest BCUT2D eigenvalue weighted by molar-refractivity contribution is 5.90. The summed E-state index contributed by atoms with van der Waals surface area (Å²) in [5, 5.41) is 0. The van der Waals surface area contributed by atoms with Crippen LogP contribution in [0, 0.1) is 6.92 Å². The van der Waals surface area contributed by atoms with Crippen molar-refractivity contribution in [1.82, 2.24) is 0 Å². The Morgan fingerprint density at radius 2 is 2.25 bits per heavy atom. The molecule has 0 atom stereocenters. The fraction of sp³-hybridized carbons (Fsp3) is 0.200. The first-order valence-electron chi connectivity index (χ1n) is 3.80. The molecular formula is C10H11NO. The Hall–Kier alpha value is -1.44. The summed E-state index contributed by atoms with van der Waals surface area (Å²) in [5.41, 5.74) is 2.13. The minimum absolute atomic E-state index is 0.170. The normalized spacial score (nSPS) is 10.5. The lowest BCUT2D eigenvalue weighted by molar-refractivity contribution is -0.115. The second kappa shape index (κ2) is 3.81. The zero-order chi connectivity index (χ0) is 8.97. The molecule has 1 rings (SSSR count). The number of nitrogens with zero attached hydrogens (tertiary/aromatic N) is 1. The number of aliphatic imine (C=N–C) groups is 1. The van der Waals surface area contributed by atoms with Gasteiger partial charge in [0.2, 0.25) is 5.91 Å². The van der Waals surface area contributed by atoms with Crippen LogP contribution in [-0.4, -0.2) is 12.1 Å². The average molecular weight is 161 g/mol. The Bertz CT molecular complexity index is 315. The van der Waals surface area contributed by atoms with Crippen LogP contribution in [0.3, 0.4) is 0 Å². The fourth-order valence-electron chi connectivity index (χ4n) is 0.916. The Kier molecular flexibility index (Phi) is 2.75. The van der Waals surface area contributed by atoms with Crippen molar-refractivity contribution in [2.24, 2.45) is 4.99 Å². The summed E-state index contributed by atoms with van der Waals surface area (Å²) >= 11 is 0. The van der Waals surface area contributed by atoms with Crippen LogP contribution in [0.5, 0.6) is 0 Å². The van der Waals surface area contributed by atoms with Crippen LogP contribution in [0.25, 0.3) is 0 Å². The van der Waals surface area contributed by atoms with E-state index in [1.165, 1.54) is 12.5 Å². The van der Waals surface area contributed by atoms with Gasteiger partial charge in [-0.2, -0.15) is 0 Å². The van der Waals surface area contributed by atoms with Gasteiger partial charge in [0.1, 0.15) is 0 Å². The van der Waals surface area contributed by atoms with Crippen LogP contribution in [0.1, 0.15) is 18.1 Å². The van der Waals surface area contributed by atoms with Gasteiger partial charge in [-0.05, 0) is 12.5 Å². The lowest BCUT2D eigenvalue weighted by atomic mass is 10.2. The third kappa shape index (κ3) is 2.66. The molecule has 0 aliphatic carbocycles. The Balaban J connectivity index is 2.83. The highest BCUT2D eigenvalue weighted by Crippen LogP contribution is 2.00. The van der Waals surface area contributed by atoms with Gasteiger partial charge in [-0.3, -0.25) is 4.79 Å². The summed E-state index contributed by atoms with van der Waals surface area (Å²) in [7, 11) is 0. The maximum Gasteiger partial charge on any atom is 0.242 e. The minimum Gasteiger partial charge on any atom is -0.273 e. The second-order valence-corrected chi connectivity index (χ2v) is 2.69. The topological polar surface area (TPSA) is 29.4 Å². The number of rotatable bonds is 1. The summed E-state index contributed by atoms with van der Waals surface area (Å²) < 4.78 is 0. The molecule has 0 aliphatic rings. The first kappa shape index (κ1) is 8.65. The van der Waals surface area contributed by atoms with Crippen LogP contribution in [-0.2, 0) is 4.79 Å². The molecule has 0 saturated carbocycles. The third-order valence-electron chi connectivity index (χ3n) is 1.44. The molecule has 2 heteroatoms. The van der Waals surface area contributed by atoms with Crippen molar-refractivity contribution in [2.45, 2.75) is 13.8 Å². The molecule has 1 aromatic rings. The highest BCUT2D eigenvalue weighted by atomic mass is 16.1. The highest BCUT2D eigenvalue weighted by Gasteiger charge is 1.88. The number of amides is 1. The summed E-state index contributed by atoms with van der Waals surface area (Å²) in [4.78, 5) is 14.2. The first-order valence-corrected chi connectivity index (χ1v) is 3.80. The third-order valence-corrected chi connectivity index (χ3v) is 1.44. The van der Waals surface area contributed by atoms with Crippen LogP contribution in [0.2, 0.25) is 0 Å². The van der Waals surface area contributed by atoms with E-state index in [1.54, 1.807) is 6.21 Å². The first-order chi connectivity index (χ1) is 5.68. The second-order valence-electron chi connectivity index (χ2n) is 2.69. The van der Waals surface area contributed by atoms with Crippen molar-refractivity contribution in [3.63, 3.8) is 0 Å². The van der Waals surface area contributed by atoms with Crippen molar-refractivity contribution >= 4 is 12.1 Å². The van der Waals surface area contributed by atoms with Crippen LogP contribution in [0.15, 0.2) is 29.3 Å². The lowest BCUT2D eigenvalue weighted by Gasteiger charge is -1.93. The number of hydrogen-bond donors (Lipinski definition) is 0. The molecule has 0 spiro atoms. The summed E-state index contributed by atoms with van der Waals surface area (Å²) in [6, 6.07) is 7.84. The molecule has 0 heterocycles. The molecule has 12 heavy (non-hydrogen) atoms. The molecule has 62 valence electrons. The summed E-state index contributed by atoms with van der Waals surface area (Å²) in [6.07, 6.45) is 1.58. The van der Waals surface area contributed by atoms with Crippen molar-refractivity contribution < 1.29 is 4.79 Å². The minimum atomic E-state index is -0.170. The SMILES string of the molecule is CC(=O)N=Cc1cccc(C)c1. The van der Waals surface area contributed by atoms with E-state index in [2.05, 4.69) is 4.99 Å². The Morgan fingerprint density at radius 3 is 2.83 bits per heavy atom. The molecule has 0 bridgehead atoms. The molecule has 0 aromatic heterocycles. The molecule has 0 radical (unpaired) electrons. The zero-order valence-electron chi connectivity index (χ0n) is 7.24. The molecule has 0 N–H and O–H groups in total. The fourth-order valence-corrected chi connectivity index (χ4v) is 0.916. The van der Waals surface area contributed by atoms with Gasteiger partial charge in [-0.25, -0.2) is 4.99 Å². The van der Waals surface area contributed by atoms with E-state index in [0.29, 0.717) is 0 Å². The van der Waals surface area contributed by atoms with Gasteiger partial charge in [-0.1, -0.05) is 29.8 Å². The van der Waals surface area contributed by atoms with E-state index in [9.17, 15) is 4.79 Å². The molecular weight excluding hydrogens is 150 g/mol. The van der Waals surface area contributed by atoms with Gasteiger partial charge in [-0.15, -0.1) is 0 Å². The zero-order valence-corrected chi connectivity index (χ0v) is 7.24. The van der Waals surface area contributed by atoms with Crippen molar-refractivity contribution in [2.75, 3.05) is 0 Å². The van der Waals surface area contributed by atoms with Crippen molar-refractivity contribution in [3.05, 3.63) is 35.4 Å². The number of hydrogen-bond acceptors (Lipinski definition) is 1. The number of carbonyl (C=O) groups excluding carboxylic acids is 1. The predicted octanol–water partition coefficient (Wildman–Crippen LogP) is 1.96. The maximum atomic E-state index is 10.5. The average Bonchev–Trinajstić information content (AvgIpc) is 2.01. The summed E-state index contributed by atoms with van der Waals surface area (Å²) in [5.74, 6) is -0.170. The van der Waals surface area contributed by atoms with Gasteiger partial charge < -0.3 is 0 Å². The van der Waals surface area contributed by atoms with E-state index >= 15 is 0 Å². The number of benzene rings is 1. The summed E-state index contributed by atoms with van der Waals surface area (Å²) in [6.45, 7) is 3.44. The van der Waals surface area contributed by atoms with Crippen LogP contribution >= 0.6 is 0 Å². The largest absolute Gasteiger partial charge is 0.273 e. The molecule has 0 aliphatic heterocycles. The molecule has 0 unspecified atom stereocenters. The quantitative estimate of drug-likeness (QED) is 0.579. The van der Waals surface area contributed by atoms with Gasteiger partial charge in [0.15, 0.2) is 0 Å². The molecule has 2 nitrogen and oxygen atoms in total.